The molecule has 1 atom stereocenters. The third kappa shape index (κ3) is 3.87. The number of nitrogens with zero attached hydrogens (tertiary/aromatic N) is 5. The molecule has 131 valence electrons. The molecule has 3 rings (SSSR count). The van der Waals surface area contributed by atoms with Gasteiger partial charge < -0.3 is 9.84 Å². The molecule has 3 aromatic rings. The van der Waals surface area contributed by atoms with Gasteiger partial charge in [0.15, 0.2) is 5.82 Å². The van der Waals surface area contributed by atoms with Crippen molar-refractivity contribution in [1.29, 1.82) is 5.26 Å². The van der Waals surface area contributed by atoms with Crippen LogP contribution in [-0.2, 0) is 6.54 Å². The molecule has 0 bridgehead atoms. The predicted octanol–water partition coefficient (Wildman–Crippen LogP) is 1.93. The van der Waals surface area contributed by atoms with E-state index in [-0.39, 0.29) is 19.1 Å². The van der Waals surface area contributed by atoms with Gasteiger partial charge in [-0.1, -0.05) is 30.3 Å². The molecule has 0 saturated heterocycles. The van der Waals surface area contributed by atoms with Gasteiger partial charge in [0.05, 0.1) is 31.9 Å². The fraction of sp³-hybridized carbons (Fsp3) is 0.211. The van der Waals surface area contributed by atoms with Crippen LogP contribution in [0, 0.1) is 17.8 Å². The van der Waals surface area contributed by atoms with Gasteiger partial charge in [0.25, 0.3) is 0 Å². The average Bonchev–Trinajstić information content (AvgIpc) is 3.14. The number of nitriles is 1. The molecule has 0 spiro atoms. The molecular weight excluding hydrogens is 330 g/mol. The second-order valence-corrected chi connectivity index (χ2v) is 5.58. The van der Waals surface area contributed by atoms with Crippen molar-refractivity contribution in [3.05, 3.63) is 77.5 Å². The van der Waals surface area contributed by atoms with Crippen molar-refractivity contribution in [2.45, 2.75) is 12.5 Å². The number of benzene rings is 2. The Morgan fingerprint density at radius 1 is 1.23 bits per heavy atom. The summed E-state index contributed by atoms with van der Waals surface area (Å²) in [5.41, 5.74) is 2.43. The van der Waals surface area contributed by atoms with E-state index in [0.29, 0.717) is 11.4 Å². The Morgan fingerprint density at radius 3 is 2.69 bits per heavy atom. The number of methoxy groups -OCH3 is 1. The van der Waals surface area contributed by atoms with Gasteiger partial charge in [-0.3, -0.25) is 0 Å². The van der Waals surface area contributed by atoms with E-state index in [0.717, 1.165) is 16.9 Å². The number of hydrogen-bond donors (Lipinski definition) is 1. The van der Waals surface area contributed by atoms with Crippen molar-refractivity contribution in [1.82, 2.24) is 20.2 Å². The summed E-state index contributed by atoms with van der Waals surface area (Å²) in [4.78, 5) is 1.34. The Kier molecular flexibility index (Phi) is 5.56. The first kappa shape index (κ1) is 17.6. The molecular formula is C19H18N5O2. The standard InChI is InChI=1S/C19H18N5O2/c1-26-16-8-6-14(7-9-16)18(17-5-3-2-4-15(17)13-20)12-19-21-23-24(22-19)10-11-25/h2-9,12,18,25H,10-11H2,1H3/t18-/m0/s1. The highest BCUT2D eigenvalue weighted by atomic mass is 16.5. The fourth-order valence-electron chi connectivity index (χ4n) is 2.70. The molecule has 1 N–H and O–H groups in total. The van der Waals surface area contributed by atoms with Gasteiger partial charge in [-0.2, -0.15) is 10.1 Å². The first-order valence-corrected chi connectivity index (χ1v) is 8.11. The normalized spacial score (nSPS) is 11.7. The topological polar surface area (TPSA) is 96.8 Å². The van der Waals surface area contributed by atoms with Gasteiger partial charge >= 0.3 is 0 Å². The number of aliphatic hydroxyl groups is 1. The van der Waals surface area contributed by atoms with Gasteiger partial charge in [0, 0.05) is 12.3 Å². The number of ether oxygens (including phenoxy) is 1. The van der Waals surface area contributed by atoms with E-state index >= 15 is 0 Å². The summed E-state index contributed by atoms with van der Waals surface area (Å²) < 4.78 is 5.22. The van der Waals surface area contributed by atoms with E-state index in [1.807, 2.05) is 48.9 Å². The zero-order valence-electron chi connectivity index (χ0n) is 14.3. The van der Waals surface area contributed by atoms with Crippen molar-refractivity contribution >= 4 is 0 Å². The van der Waals surface area contributed by atoms with Crippen molar-refractivity contribution in [3.8, 4) is 11.8 Å². The zero-order valence-corrected chi connectivity index (χ0v) is 14.3. The van der Waals surface area contributed by atoms with Crippen LogP contribution in [0.25, 0.3) is 0 Å². The highest BCUT2D eigenvalue weighted by Crippen LogP contribution is 2.32. The van der Waals surface area contributed by atoms with E-state index in [1.165, 1.54) is 4.80 Å². The number of rotatable bonds is 7. The quantitative estimate of drug-likeness (QED) is 0.701. The lowest BCUT2D eigenvalue weighted by atomic mass is 9.86. The van der Waals surface area contributed by atoms with E-state index in [1.54, 1.807) is 13.2 Å². The second kappa shape index (κ2) is 8.23. The number of tetrazole rings is 1. The summed E-state index contributed by atoms with van der Waals surface area (Å²) in [6.07, 6.45) is 1.86. The van der Waals surface area contributed by atoms with Crippen LogP contribution in [-0.4, -0.2) is 39.0 Å². The summed E-state index contributed by atoms with van der Waals surface area (Å²) in [6.45, 7) is 0.220. The van der Waals surface area contributed by atoms with Crippen molar-refractivity contribution in [3.63, 3.8) is 0 Å². The molecule has 1 heterocycles. The third-order valence-electron chi connectivity index (χ3n) is 3.98. The third-order valence-corrected chi connectivity index (χ3v) is 3.98. The maximum atomic E-state index is 9.48. The number of aliphatic hydroxyl groups excluding tert-OH is 1. The van der Waals surface area contributed by atoms with Crippen LogP contribution in [0.1, 0.15) is 28.4 Å². The lowest BCUT2D eigenvalue weighted by Crippen LogP contribution is -2.08. The average molecular weight is 348 g/mol. The smallest absolute Gasteiger partial charge is 0.179 e. The molecule has 7 nitrogen and oxygen atoms in total. The van der Waals surface area contributed by atoms with E-state index in [2.05, 4.69) is 21.5 Å². The maximum Gasteiger partial charge on any atom is 0.179 e. The Labute approximate surface area is 151 Å². The van der Waals surface area contributed by atoms with Crippen molar-refractivity contribution in [2.75, 3.05) is 13.7 Å². The number of aromatic nitrogens is 4. The molecule has 0 aliphatic heterocycles. The zero-order chi connectivity index (χ0) is 18.4. The Bertz CT molecular complexity index is 899. The van der Waals surface area contributed by atoms with Crippen molar-refractivity contribution in [2.24, 2.45) is 0 Å². The lowest BCUT2D eigenvalue weighted by molar-refractivity contribution is 0.259. The van der Waals surface area contributed by atoms with Gasteiger partial charge in [-0.15, -0.1) is 10.2 Å². The van der Waals surface area contributed by atoms with Gasteiger partial charge in [0.1, 0.15) is 5.75 Å². The van der Waals surface area contributed by atoms with E-state index in [4.69, 9.17) is 9.84 Å². The Balaban J connectivity index is 1.98. The van der Waals surface area contributed by atoms with Crippen LogP contribution in [0.15, 0.2) is 48.5 Å². The van der Waals surface area contributed by atoms with Crippen LogP contribution in [0.3, 0.4) is 0 Å². The number of hydrogen-bond acceptors (Lipinski definition) is 6. The van der Waals surface area contributed by atoms with E-state index < -0.39 is 0 Å². The summed E-state index contributed by atoms with van der Waals surface area (Å²) in [5.74, 6) is 0.976. The first-order valence-electron chi connectivity index (χ1n) is 8.11. The largest absolute Gasteiger partial charge is 0.497 e. The molecule has 1 radical (unpaired) electrons. The highest BCUT2D eigenvalue weighted by Gasteiger charge is 2.21. The lowest BCUT2D eigenvalue weighted by Gasteiger charge is -2.17. The summed E-state index contributed by atoms with van der Waals surface area (Å²) in [7, 11) is 1.62. The van der Waals surface area contributed by atoms with Crippen LogP contribution in [0.5, 0.6) is 5.75 Å². The first-order chi connectivity index (χ1) is 12.7. The SMILES string of the molecule is COc1ccc([C@H]([CH]c2nnn(CCO)n2)c2ccccc2C#N)cc1. The van der Waals surface area contributed by atoms with Crippen LogP contribution < -0.4 is 4.74 Å². The monoisotopic (exact) mass is 348 g/mol. The van der Waals surface area contributed by atoms with Crippen LogP contribution in [0.2, 0.25) is 0 Å². The van der Waals surface area contributed by atoms with Crippen molar-refractivity contribution < 1.29 is 9.84 Å². The minimum absolute atomic E-state index is 0.0605. The molecule has 0 aliphatic carbocycles. The molecule has 26 heavy (non-hydrogen) atoms. The molecule has 0 saturated carbocycles. The summed E-state index contributed by atoms with van der Waals surface area (Å²) in [5, 5.41) is 30.7. The second-order valence-electron chi connectivity index (χ2n) is 5.58. The van der Waals surface area contributed by atoms with Gasteiger partial charge in [-0.05, 0) is 34.5 Å². The predicted molar refractivity (Wildman–Crippen MR) is 94.3 cm³/mol. The Hall–Kier alpha value is -3.24. The molecule has 0 aliphatic rings. The minimum Gasteiger partial charge on any atom is -0.497 e. The summed E-state index contributed by atoms with van der Waals surface area (Å²) >= 11 is 0. The molecule has 2 aromatic carbocycles. The molecule has 0 unspecified atom stereocenters. The molecule has 7 heteroatoms. The van der Waals surface area contributed by atoms with Gasteiger partial charge in [-0.25, -0.2) is 0 Å². The summed E-state index contributed by atoms with van der Waals surface area (Å²) in [6, 6.07) is 17.3. The van der Waals surface area contributed by atoms with E-state index in [9.17, 15) is 5.26 Å². The van der Waals surface area contributed by atoms with Crippen LogP contribution in [0.4, 0.5) is 0 Å². The molecule has 0 amide bonds. The van der Waals surface area contributed by atoms with Gasteiger partial charge in [0.2, 0.25) is 0 Å². The molecule has 1 aromatic heterocycles. The molecule has 0 fully saturated rings. The highest BCUT2D eigenvalue weighted by molar-refractivity contribution is 5.47. The Morgan fingerprint density at radius 2 is 2.00 bits per heavy atom. The maximum absolute atomic E-state index is 9.48. The van der Waals surface area contributed by atoms with Crippen LogP contribution >= 0.6 is 0 Å². The minimum atomic E-state index is -0.219. The fourth-order valence-corrected chi connectivity index (χ4v) is 2.70.